The first-order valence-electron chi connectivity index (χ1n) is 5.17. The number of rotatable bonds is 1. The first kappa shape index (κ1) is 8.65. The lowest BCUT2D eigenvalue weighted by atomic mass is 9.89. The molecule has 1 spiro atoms. The Morgan fingerprint density at radius 2 is 2.36 bits per heavy atom. The summed E-state index contributed by atoms with van der Waals surface area (Å²) in [5, 5.41) is 9.37. The summed E-state index contributed by atoms with van der Waals surface area (Å²) in [6.45, 7) is 0.529. The summed E-state index contributed by atoms with van der Waals surface area (Å²) in [6, 6.07) is 0. The SMILES string of the molecule is O=C1CC[C@@]2(CO)C[C@@]3(C[C@@H]3F)CN12. The predicted octanol–water partition coefficient (Wildman–Crippen LogP) is 0.472. The Labute approximate surface area is 81.9 Å². The molecule has 3 atom stereocenters. The van der Waals surface area contributed by atoms with Gasteiger partial charge in [0.2, 0.25) is 5.91 Å². The van der Waals surface area contributed by atoms with Crippen molar-refractivity contribution >= 4 is 5.91 Å². The van der Waals surface area contributed by atoms with Crippen LogP contribution in [0.5, 0.6) is 0 Å². The highest BCUT2D eigenvalue weighted by atomic mass is 19.1. The summed E-state index contributed by atoms with van der Waals surface area (Å²) in [5.74, 6) is 0.0926. The third kappa shape index (κ3) is 0.829. The molecule has 1 aliphatic carbocycles. The van der Waals surface area contributed by atoms with Crippen LogP contribution in [0.15, 0.2) is 0 Å². The number of hydrogen-bond donors (Lipinski definition) is 1. The number of amides is 1. The molecular weight excluding hydrogens is 185 g/mol. The van der Waals surface area contributed by atoms with Crippen LogP contribution < -0.4 is 0 Å². The van der Waals surface area contributed by atoms with E-state index in [9.17, 15) is 14.3 Å². The van der Waals surface area contributed by atoms with Crippen molar-refractivity contribution in [2.45, 2.75) is 37.4 Å². The second-order valence-corrected chi connectivity index (χ2v) is 5.07. The third-order valence-corrected chi connectivity index (χ3v) is 4.22. The minimum Gasteiger partial charge on any atom is -0.394 e. The van der Waals surface area contributed by atoms with Crippen molar-refractivity contribution in [1.29, 1.82) is 0 Å². The van der Waals surface area contributed by atoms with E-state index in [1.165, 1.54) is 0 Å². The maximum atomic E-state index is 13.2. The molecule has 14 heavy (non-hydrogen) atoms. The maximum Gasteiger partial charge on any atom is 0.223 e. The van der Waals surface area contributed by atoms with Crippen LogP contribution in [0.25, 0.3) is 0 Å². The lowest BCUT2D eigenvalue weighted by molar-refractivity contribution is -0.130. The van der Waals surface area contributed by atoms with E-state index in [1.54, 1.807) is 4.90 Å². The van der Waals surface area contributed by atoms with E-state index in [4.69, 9.17) is 0 Å². The number of halogens is 1. The smallest absolute Gasteiger partial charge is 0.223 e. The van der Waals surface area contributed by atoms with Crippen molar-refractivity contribution in [2.75, 3.05) is 13.2 Å². The van der Waals surface area contributed by atoms with E-state index < -0.39 is 11.7 Å². The van der Waals surface area contributed by atoms with Crippen LogP contribution >= 0.6 is 0 Å². The van der Waals surface area contributed by atoms with Gasteiger partial charge in [-0.05, 0) is 19.3 Å². The van der Waals surface area contributed by atoms with Crippen LogP contribution in [-0.2, 0) is 4.79 Å². The molecule has 4 heteroatoms. The average Bonchev–Trinajstić information content (AvgIpc) is 2.55. The van der Waals surface area contributed by atoms with Gasteiger partial charge in [0.15, 0.2) is 0 Å². The Bertz CT molecular complexity index is 308. The molecule has 78 valence electrons. The van der Waals surface area contributed by atoms with Crippen LogP contribution in [-0.4, -0.2) is 40.8 Å². The maximum absolute atomic E-state index is 13.2. The highest BCUT2D eigenvalue weighted by Gasteiger charge is 2.67. The number of fused-ring (bicyclic) bond motifs is 1. The molecule has 2 aliphatic heterocycles. The van der Waals surface area contributed by atoms with Crippen molar-refractivity contribution in [3.8, 4) is 0 Å². The van der Waals surface area contributed by atoms with Crippen LogP contribution in [0.1, 0.15) is 25.7 Å². The van der Waals surface area contributed by atoms with Gasteiger partial charge in [0, 0.05) is 18.4 Å². The molecule has 2 saturated heterocycles. The number of alkyl halides is 1. The summed E-state index contributed by atoms with van der Waals surface area (Å²) >= 11 is 0. The highest BCUT2D eigenvalue weighted by molar-refractivity contribution is 5.80. The molecule has 0 radical (unpaired) electrons. The predicted molar refractivity (Wildman–Crippen MR) is 47.3 cm³/mol. The van der Waals surface area contributed by atoms with Crippen molar-refractivity contribution in [3.05, 3.63) is 0 Å². The number of hydrogen-bond acceptors (Lipinski definition) is 2. The van der Waals surface area contributed by atoms with Crippen molar-refractivity contribution in [3.63, 3.8) is 0 Å². The molecule has 1 amide bonds. The standard InChI is InChI=1S/C10H14FNO2/c11-7-3-9(7)4-10(6-13)2-1-8(14)12(10)5-9/h7,13H,1-6H2/t7-,9-,10-/m0/s1. The van der Waals surface area contributed by atoms with Gasteiger partial charge in [-0.25, -0.2) is 4.39 Å². The van der Waals surface area contributed by atoms with Gasteiger partial charge in [-0.3, -0.25) is 4.79 Å². The number of aliphatic hydroxyl groups is 1. The molecule has 0 aromatic carbocycles. The molecule has 1 N–H and O–H groups in total. The van der Waals surface area contributed by atoms with Crippen LogP contribution in [0.2, 0.25) is 0 Å². The Morgan fingerprint density at radius 1 is 1.64 bits per heavy atom. The summed E-state index contributed by atoms with van der Waals surface area (Å²) in [5.41, 5.74) is -0.684. The molecule has 0 bridgehead atoms. The lowest BCUT2D eigenvalue weighted by Crippen LogP contribution is -2.43. The summed E-state index contributed by atoms with van der Waals surface area (Å²) in [7, 11) is 0. The van der Waals surface area contributed by atoms with Gasteiger partial charge in [-0.1, -0.05) is 0 Å². The van der Waals surface area contributed by atoms with Gasteiger partial charge in [0.1, 0.15) is 6.17 Å². The largest absolute Gasteiger partial charge is 0.394 e. The Kier molecular flexibility index (Phi) is 1.42. The number of nitrogens with zero attached hydrogens (tertiary/aromatic N) is 1. The summed E-state index contributed by atoms with van der Waals surface area (Å²) < 4.78 is 13.2. The zero-order chi connectivity index (χ0) is 9.97. The molecular formula is C10H14FNO2. The van der Waals surface area contributed by atoms with E-state index in [-0.39, 0.29) is 17.9 Å². The normalized spacial score (nSPS) is 50.3. The summed E-state index contributed by atoms with van der Waals surface area (Å²) in [4.78, 5) is 13.3. The van der Waals surface area contributed by atoms with Crippen molar-refractivity contribution in [1.82, 2.24) is 4.90 Å². The molecule has 0 unspecified atom stereocenters. The van der Waals surface area contributed by atoms with Crippen LogP contribution in [0.4, 0.5) is 4.39 Å². The second kappa shape index (κ2) is 2.30. The molecule has 2 heterocycles. The van der Waals surface area contributed by atoms with Crippen molar-refractivity contribution < 1.29 is 14.3 Å². The third-order valence-electron chi connectivity index (χ3n) is 4.22. The zero-order valence-corrected chi connectivity index (χ0v) is 8.00. The fourth-order valence-electron chi connectivity index (χ4n) is 3.20. The van der Waals surface area contributed by atoms with Gasteiger partial charge in [0.05, 0.1) is 12.1 Å². The zero-order valence-electron chi connectivity index (χ0n) is 8.00. The molecule has 3 fully saturated rings. The van der Waals surface area contributed by atoms with E-state index in [0.29, 0.717) is 32.2 Å². The van der Waals surface area contributed by atoms with Crippen LogP contribution in [0.3, 0.4) is 0 Å². The van der Waals surface area contributed by atoms with E-state index in [1.807, 2.05) is 0 Å². The van der Waals surface area contributed by atoms with Gasteiger partial charge in [-0.2, -0.15) is 0 Å². The highest BCUT2D eigenvalue weighted by Crippen LogP contribution is 2.62. The van der Waals surface area contributed by atoms with Crippen LogP contribution in [0, 0.1) is 5.41 Å². The first-order chi connectivity index (χ1) is 6.62. The quantitative estimate of drug-likeness (QED) is 0.667. The van der Waals surface area contributed by atoms with E-state index in [0.717, 1.165) is 0 Å². The molecule has 3 aliphatic rings. The fourth-order valence-corrected chi connectivity index (χ4v) is 3.20. The lowest BCUT2D eigenvalue weighted by Gasteiger charge is -2.29. The number of aliphatic hydroxyl groups excluding tert-OH is 1. The van der Waals surface area contributed by atoms with E-state index >= 15 is 0 Å². The molecule has 1 saturated carbocycles. The van der Waals surface area contributed by atoms with Gasteiger partial charge in [0.25, 0.3) is 0 Å². The van der Waals surface area contributed by atoms with Gasteiger partial charge >= 0.3 is 0 Å². The van der Waals surface area contributed by atoms with Gasteiger partial charge in [-0.15, -0.1) is 0 Å². The molecule has 3 nitrogen and oxygen atoms in total. The average molecular weight is 199 g/mol. The molecule has 0 aromatic rings. The summed E-state index contributed by atoms with van der Waals surface area (Å²) in [6.07, 6.45) is 1.73. The minimum absolute atomic E-state index is 0.00674. The minimum atomic E-state index is -0.746. The number of carbonyl (C=O) groups excluding carboxylic acids is 1. The second-order valence-electron chi connectivity index (χ2n) is 5.07. The Morgan fingerprint density at radius 3 is 2.86 bits per heavy atom. The molecule has 3 rings (SSSR count). The first-order valence-corrected chi connectivity index (χ1v) is 5.17. The van der Waals surface area contributed by atoms with Gasteiger partial charge < -0.3 is 10.0 Å². The molecule has 0 aromatic heterocycles. The number of carbonyl (C=O) groups is 1. The Balaban J connectivity index is 1.92. The van der Waals surface area contributed by atoms with Crippen molar-refractivity contribution in [2.24, 2.45) is 5.41 Å². The monoisotopic (exact) mass is 199 g/mol. The topological polar surface area (TPSA) is 40.5 Å². The van der Waals surface area contributed by atoms with E-state index in [2.05, 4.69) is 0 Å². The Hall–Kier alpha value is -0.640. The fraction of sp³-hybridized carbons (Fsp3) is 0.900.